The smallest absolute Gasteiger partial charge is 0.120 e. The minimum atomic E-state index is 0.233. The molecule has 0 saturated carbocycles. The van der Waals surface area contributed by atoms with Gasteiger partial charge in [-0.15, -0.1) is 0 Å². The lowest BCUT2D eigenvalue weighted by Crippen LogP contribution is -2.39. The quantitative estimate of drug-likeness (QED) is 0.904. The highest BCUT2D eigenvalue weighted by atomic mass is 35.5. The van der Waals surface area contributed by atoms with Gasteiger partial charge in [-0.25, -0.2) is 0 Å². The van der Waals surface area contributed by atoms with E-state index in [1.54, 1.807) is 0 Å². The van der Waals surface area contributed by atoms with E-state index < -0.39 is 0 Å². The Kier molecular flexibility index (Phi) is 4.64. The van der Waals surface area contributed by atoms with Gasteiger partial charge >= 0.3 is 0 Å². The third kappa shape index (κ3) is 3.65. The number of rotatable bonds is 4. The maximum absolute atomic E-state index is 5.97. The van der Waals surface area contributed by atoms with Gasteiger partial charge < -0.3 is 15.1 Å². The van der Waals surface area contributed by atoms with Gasteiger partial charge in [-0.2, -0.15) is 5.10 Å². The van der Waals surface area contributed by atoms with Crippen LogP contribution in [0, 0.1) is 5.92 Å². The number of hydrazone groups is 1. The second-order valence-corrected chi connectivity index (χ2v) is 7.25. The number of likely N-dealkylation sites (tertiary alicyclic amines) is 1. The van der Waals surface area contributed by atoms with E-state index in [0.717, 1.165) is 35.8 Å². The number of halogens is 1. The summed E-state index contributed by atoms with van der Waals surface area (Å²) in [6, 6.07) is 16.3. The zero-order valence-corrected chi connectivity index (χ0v) is 15.0. The molecule has 2 aromatic rings. The molecule has 1 fully saturated rings. The van der Waals surface area contributed by atoms with Crippen LogP contribution in [-0.4, -0.2) is 30.7 Å². The third-order valence-corrected chi connectivity index (χ3v) is 5.22. The Labute approximate surface area is 153 Å². The normalized spacial score (nSPS) is 22.9. The fraction of sp³-hybridized carbons (Fsp3) is 0.350. The highest BCUT2D eigenvalue weighted by Gasteiger charge is 2.36. The molecule has 0 aromatic heterocycles. The van der Waals surface area contributed by atoms with Crippen molar-refractivity contribution in [1.82, 2.24) is 10.3 Å². The summed E-state index contributed by atoms with van der Waals surface area (Å²) in [5.41, 5.74) is 6.97. The first-order chi connectivity index (χ1) is 12.2. The van der Waals surface area contributed by atoms with Crippen LogP contribution in [0.3, 0.4) is 0 Å². The van der Waals surface area contributed by atoms with Gasteiger partial charge in [-0.1, -0.05) is 35.9 Å². The zero-order chi connectivity index (χ0) is 17.2. The molecule has 0 radical (unpaired) electrons. The van der Waals surface area contributed by atoms with Crippen molar-refractivity contribution in [2.45, 2.75) is 19.1 Å². The van der Waals surface area contributed by atoms with E-state index >= 15 is 0 Å². The lowest BCUT2D eigenvalue weighted by molar-refractivity contribution is 0.271. The van der Waals surface area contributed by atoms with Gasteiger partial charge in [0, 0.05) is 36.2 Å². The Bertz CT molecular complexity index is 775. The molecule has 2 aromatic carbocycles. The van der Waals surface area contributed by atoms with Crippen molar-refractivity contribution in [1.29, 1.82) is 0 Å². The van der Waals surface area contributed by atoms with E-state index in [1.807, 2.05) is 30.3 Å². The Morgan fingerprint density at radius 1 is 1.24 bits per heavy atom. The number of hydrogen-bond donors (Lipinski definition) is 1. The first-order valence-electron chi connectivity index (χ1n) is 8.67. The van der Waals surface area contributed by atoms with Gasteiger partial charge in [-0.05, 0) is 42.4 Å². The fourth-order valence-corrected chi connectivity index (χ4v) is 3.68. The van der Waals surface area contributed by atoms with Crippen LogP contribution in [-0.2, 0) is 6.61 Å². The highest BCUT2D eigenvalue weighted by molar-refractivity contribution is 6.30. The topological polar surface area (TPSA) is 36.9 Å². The van der Waals surface area contributed by atoms with Gasteiger partial charge in [0.1, 0.15) is 12.4 Å². The summed E-state index contributed by atoms with van der Waals surface area (Å²) in [4.78, 5) is 2.38. The number of fused-ring (bicyclic) bond motifs is 1. The number of ether oxygens (including phenoxy) is 1. The van der Waals surface area contributed by atoms with Crippen molar-refractivity contribution in [3.05, 3.63) is 64.7 Å². The number of hydrogen-bond acceptors (Lipinski definition) is 4. The monoisotopic (exact) mass is 355 g/mol. The van der Waals surface area contributed by atoms with Gasteiger partial charge in [0.2, 0.25) is 0 Å². The van der Waals surface area contributed by atoms with Gasteiger partial charge in [0.05, 0.1) is 6.04 Å². The SMILES string of the molecule is CN1CCC2=NNC(c3cccc(OCc4ccc(Cl)cc4)c3)C2C1. The summed E-state index contributed by atoms with van der Waals surface area (Å²) in [7, 11) is 2.18. The average Bonchev–Trinajstić information content (AvgIpc) is 3.04. The number of nitrogens with one attached hydrogen (secondary N) is 1. The van der Waals surface area contributed by atoms with E-state index in [4.69, 9.17) is 16.3 Å². The molecule has 5 heteroatoms. The molecule has 0 spiro atoms. The number of nitrogens with zero attached hydrogens (tertiary/aromatic N) is 2. The summed E-state index contributed by atoms with van der Waals surface area (Å²) < 4.78 is 5.97. The molecule has 4 rings (SSSR count). The largest absolute Gasteiger partial charge is 0.489 e. The van der Waals surface area contributed by atoms with Crippen molar-refractivity contribution in [3.63, 3.8) is 0 Å². The molecule has 0 bridgehead atoms. The van der Waals surface area contributed by atoms with E-state index in [0.29, 0.717) is 12.5 Å². The Hall–Kier alpha value is -2.04. The van der Waals surface area contributed by atoms with Gasteiger partial charge in [0.15, 0.2) is 0 Å². The third-order valence-electron chi connectivity index (χ3n) is 4.97. The first-order valence-corrected chi connectivity index (χ1v) is 9.04. The van der Waals surface area contributed by atoms with Crippen molar-refractivity contribution in [2.75, 3.05) is 20.1 Å². The van der Waals surface area contributed by atoms with Crippen LogP contribution in [0.15, 0.2) is 53.6 Å². The second-order valence-electron chi connectivity index (χ2n) is 6.82. The molecule has 2 unspecified atom stereocenters. The molecular weight excluding hydrogens is 334 g/mol. The zero-order valence-electron chi connectivity index (χ0n) is 14.3. The Morgan fingerprint density at radius 2 is 2.08 bits per heavy atom. The molecular formula is C20H22ClN3O. The van der Waals surface area contributed by atoms with Crippen LogP contribution in [0.1, 0.15) is 23.6 Å². The van der Waals surface area contributed by atoms with Crippen molar-refractivity contribution in [3.8, 4) is 5.75 Å². The minimum absolute atomic E-state index is 0.233. The lowest BCUT2D eigenvalue weighted by Gasteiger charge is -2.31. The number of benzene rings is 2. The average molecular weight is 356 g/mol. The lowest BCUT2D eigenvalue weighted by atomic mass is 9.86. The number of piperidine rings is 1. The summed E-state index contributed by atoms with van der Waals surface area (Å²) in [5, 5.41) is 5.31. The van der Waals surface area contributed by atoms with Crippen LogP contribution in [0.4, 0.5) is 0 Å². The van der Waals surface area contributed by atoms with E-state index in [1.165, 1.54) is 11.3 Å². The summed E-state index contributed by atoms with van der Waals surface area (Å²) in [6.45, 7) is 2.67. The molecule has 4 nitrogen and oxygen atoms in total. The molecule has 25 heavy (non-hydrogen) atoms. The Morgan fingerprint density at radius 3 is 2.92 bits per heavy atom. The van der Waals surface area contributed by atoms with Gasteiger partial charge in [0.25, 0.3) is 0 Å². The van der Waals surface area contributed by atoms with Crippen LogP contribution >= 0.6 is 11.6 Å². The standard InChI is InChI=1S/C20H22ClN3O/c1-24-10-9-19-18(12-24)20(23-22-19)15-3-2-4-17(11-15)25-13-14-5-7-16(21)8-6-14/h2-8,11,18,20,23H,9-10,12-13H2,1H3. The molecule has 0 aliphatic carbocycles. The molecule has 2 aliphatic heterocycles. The summed E-state index contributed by atoms with van der Waals surface area (Å²) in [6.07, 6.45) is 1.05. The molecule has 1 saturated heterocycles. The van der Waals surface area contributed by atoms with Crippen LogP contribution in [0.2, 0.25) is 5.02 Å². The molecule has 130 valence electrons. The van der Waals surface area contributed by atoms with E-state index in [9.17, 15) is 0 Å². The molecule has 0 amide bonds. The maximum Gasteiger partial charge on any atom is 0.120 e. The summed E-state index contributed by atoms with van der Waals surface area (Å²) in [5.74, 6) is 1.33. The molecule has 1 N–H and O–H groups in total. The first kappa shape index (κ1) is 16.4. The predicted octanol–water partition coefficient (Wildman–Crippen LogP) is 3.87. The molecule has 2 heterocycles. The van der Waals surface area contributed by atoms with Crippen molar-refractivity contribution < 1.29 is 4.74 Å². The van der Waals surface area contributed by atoms with E-state index in [2.05, 4.69) is 40.7 Å². The molecule has 2 aliphatic rings. The second kappa shape index (κ2) is 7.06. The van der Waals surface area contributed by atoms with Crippen LogP contribution < -0.4 is 10.2 Å². The summed E-state index contributed by atoms with van der Waals surface area (Å²) >= 11 is 5.93. The van der Waals surface area contributed by atoms with Crippen LogP contribution in [0.5, 0.6) is 5.75 Å². The maximum atomic E-state index is 5.97. The minimum Gasteiger partial charge on any atom is -0.489 e. The molecule has 2 atom stereocenters. The van der Waals surface area contributed by atoms with Crippen LogP contribution in [0.25, 0.3) is 0 Å². The predicted molar refractivity (Wildman–Crippen MR) is 101 cm³/mol. The van der Waals surface area contributed by atoms with E-state index in [-0.39, 0.29) is 6.04 Å². The van der Waals surface area contributed by atoms with Crippen molar-refractivity contribution in [2.24, 2.45) is 11.0 Å². The highest BCUT2D eigenvalue weighted by Crippen LogP contribution is 2.33. The fourth-order valence-electron chi connectivity index (χ4n) is 3.55. The van der Waals surface area contributed by atoms with Crippen molar-refractivity contribution >= 4 is 17.3 Å². The van der Waals surface area contributed by atoms with Gasteiger partial charge in [-0.3, -0.25) is 0 Å². The Balaban J connectivity index is 1.45.